The van der Waals surface area contributed by atoms with Crippen LogP contribution in [0.5, 0.6) is 0 Å². The van der Waals surface area contributed by atoms with Gasteiger partial charge >= 0.3 is 0 Å². The molecule has 1 atom stereocenters. The molecule has 1 N–H and O–H groups in total. The first-order chi connectivity index (χ1) is 12.6. The van der Waals surface area contributed by atoms with E-state index in [4.69, 9.17) is 16.0 Å². The summed E-state index contributed by atoms with van der Waals surface area (Å²) in [6.45, 7) is 17.3. The predicted molar refractivity (Wildman–Crippen MR) is 118 cm³/mol. The van der Waals surface area contributed by atoms with Crippen LogP contribution in [0.15, 0.2) is 0 Å². The number of nitrogens with one attached hydrogen (secondary N) is 1. The topological polar surface area (TPSA) is 67.4 Å². The van der Waals surface area contributed by atoms with Gasteiger partial charge in [-0.2, -0.15) is 0 Å². The van der Waals surface area contributed by atoms with Crippen LogP contribution in [0.3, 0.4) is 0 Å². The lowest BCUT2D eigenvalue weighted by Crippen LogP contribution is -2.45. The Hall–Kier alpha value is -1.18. The molecule has 0 radical (unpaired) electrons. The first kappa shape index (κ1) is 23.1. The zero-order valence-corrected chi connectivity index (χ0v) is 20.5. The molecule has 1 unspecified atom stereocenters. The van der Waals surface area contributed by atoms with E-state index < -0.39 is 8.32 Å². The SMILES string of the molecule is CN(CC(=O)NC(C)(C)C)c1nc(Cl)nc2c1CCC2O[Si](C)(C)C(C)(C)C. The van der Waals surface area contributed by atoms with Gasteiger partial charge in [0.05, 0.1) is 18.3 Å². The van der Waals surface area contributed by atoms with E-state index in [0.29, 0.717) is 0 Å². The number of rotatable bonds is 5. The standard InChI is InChI=1S/C20H35ClN4O2Si/c1-19(2,3)24-15(26)12-25(7)17-13-10-11-14(16(13)22-18(21)23-17)27-28(8,9)20(4,5)6/h14H,10-12H2,1-9H3,(H,24,26). The Labute approximate surface area is 175 Å². The number of halogens is 1. The van der Waals surface area contributed by atoms with E-state index in [2.05, 4.69) is 49.1 Å². The number of nitrogens with zero attached hydrogens (tertiary/aromatic N) is 3. The van der Waals surface area contributed by atoms with E-state index in [9.17, 15) is 4.79 Å². The molecule has 8 heteroatoms. The zero-order valence-electron chi connectivity index (χ0n) is 18.7. The van der Waals surface area contributed by atoms with Crippen molar-refractivity contribution in [3.8, 4) is 0 Å². The fourth-order valence-corrected chi connectivity index (χ4v) is 4.56. The highest BCUT2D eigenvalue weighted by molar-refractivity contribution is 6.74. The maximum absolute atomic E-state index is 12.3. The second kappa shape index (κ2) is 7.92. The summed E-state index contributed by atoms with van der Waals surface area (Å²) in [6, 6.07) is 0. The van der Waals surface area contributed by atoms with Gasteiger partial charge in [0.15, 0.2) is 8.32 Å². The largest absolute Gasteiger partial charge is 0.408 e. The molecule has 0 fully saturated rings. The average Bonchev–Trinajstić information content (AvgIpc) is 2.85. The number of amides is 1. The summed E-state index contributed by atoms with van der Waals surface area (Å²) < 4.78 is 6.62. The van der Waals surface area contributed by atoms with Crippen molar-refractivity contribution in [1.82, 2.24) is 15.3 Å². The van der Waals surface area contributed by atoms with Crippen molar-refractivity contribution in [3.63, 3.8) is 0 Å². The molecular weight excluding hydrogens is 392 g/mol. The van der Waals surface area contributed by atoms with Crippen LogP contribution >= 0.6 is 11.6 Å². The fourth-order valence-electron chi connectivity index (χ4n) is 3.09. The maximum atomic E-state index is 12.3. The second-order valence-electron chi connectivity index (χ2n) is 10.2. The zero-order chi connectivity index (χ0) is 21.5. The molecule has 0 aliphatic heterocycles. The van der Waals surface area contributed by atoms with Gasteiger partial charge in [-0.25, -0.2) is 9.97 Å². The van der Waals surface area contributed by atoms with Crippen molar-refractivity contribution < 1.29 is 9.22 Å². The van der Waals surface area contributed by atoms with Crippen LogP contribution in [0.4, 0.5) is 5.82 Å². The summed E-state index contributed by atoms with van der Waals surface area (Å²) >= 11 is 6.25. The molecule has 158 valence electrons. The summed E-state index contributed by atoms with van der Waals surface area (Å²) in [5.41, 5.74) is 1.65. The second-order valence-corrected chi connectivity index (χ2v) is 15.3. The van der Waals surface area contributed by atoms with Crippen LogP contribution in [-0.2, 0) is 15.6 Å². The summed E-state index contributed by atoms with van der Waals surface area (Å²) in [5, 5.41) is 3.30. The van der Waals surface area contributed by atoms with Gasteiger partial charge in [0.2, 0.25) is 11.2 Å². The molecule has 28 heavy (non-hydrogen) atoms. The third-order valence-electron chi connectivity index (χ3n) is 5.45. The highest BCUT2D eigenvalue weighted by Gasteiger charge is 2.42. The first-order valence-corrected chi connectivity index (χ1v) is 13.2. The molecule has 1 amide bonds. The minimum atomic E-state index is -1.93. The number of hydrogen-bond acceptors (Lipinski definition) is 5. The van der Waals surface area contributed by atoms with Gasteiger partial charge in [0.1, 0.15) is 5.82 Å². The van der Waals surface area contributed by atoms with Gasteiger partial charge in [-0.3, -0.25) is 4.79 Å². The molecule has 1 aliphatic rings. The number of carbonyl (C=O) groups excluding carboxylic acids is 1. The molecule has 1 aromatic heterocycles. The Morgan fingerprint density at radius 3 is 2.39 bits per heavy atom. The Bertz CT molecular complexity index is 741. The van der Waals surface area contributed by atoms with Gasteiger partial charge in [-0.05, 0) is 63.3 Å². The summed E-state index contributed by atoms with van der Waals surface area (Å²) in [7, 11) is -0.0703. The quantitative estimate of drug-likeness (QED) is 0.554. The maximum Gasteiger partial charge on any atom is 0.239 e. The van der Waals surface area contributed by atoms with Crippen LogP contribution in [-0.4, -0.2) is 43.3 Å². The molecule has 0 aromatic carbocycles. The van der Waals surface area contributed by atoms with Crippen molar-refractivity contribution >= 4 is 31.6 Å². The molecule has 0 saturated carbocycles. The van der Waals surface area contributed by atoms with E-state index in [-0.39, 0.29) is 34.4 Å². The predicted octanol–water partition coefficient (Wildman–Crippen LogP) is 4.49. The van der Waals surface area contributed by atoms with Gasteiger partial charge in [-0.1, -0.05) is 20.8 Å². The van der Waals surface area contributed by atoms with Gasteiger partial charge in [-0.15, -0.1) is 0 Å². The van der Waals surface area contributed by atoms with E-state index >= 15 is 0 Å². The highest BCUT2D eigenvalue weighted by Crippen LogP contribution is 2.44. The molecule has 0 bridgehead atoms. The smallest absolute Gasteiger partial charge is 0.239 e. The summed E-state index contributed by atoms with van der Waals surface area (Å²) in [5.74, 6) is 0.672. The lowest BCUT2D eigenvalue weighted by Gasteiger charge is -2.38. The van der Waals surface area contributed by atoms with Crippen molar-refractivity contribution in [2.45, 2.75) is 84.2 Å². The Morgan fingerprint density at radius 1 is 1.25 bits per heavy atom. The Morgan fingerprint density at radius 2 is 1.86 bits per heavy atom. The number of carbonyl (C=O) groups is 1. The molecule has 0 spiro atoms. The minimum Gasteiger partial charge on any atom is -0.408 e. The number of likely N-dealkylation sites (N-methyl/N-ethyl adjacent to an activating group) is 1. The van der Waals surface area contributed by atoms with Gasteiger partial charge in [0.25, 0.3) is 0 Å². The average molecular weight is 427 g/mol. The monoisotopic (exact) mass is 426 g/mol. The van der Waals surface area contributed by atoms with Crippen LogP contribution in [0, 0.1) is 0 Å². The number of fused-ring (bicyclic) bond motifs is 1. The Balaban J connectivity index is 2.26. The molecule has 1 aliphatic carbocycles. The first-order valence-electron chi connectivity index (χ1n) is 9.87. The van der Waals surface area contributed by atoms with E-state index in [0.717, 1.165) is 29.9 Å². The normalized spacial score (nSPS) is 17.4. The highest BCUT2D eigenvalue weighted by atomic mass is 35.5. The lowest BCUT2D eigenvalue weighted by molar-refractivity contribution is -0.121. The molecule has 1 aromatic rings. The van der Waals surface area contributed by atoms with E-state index in [1.807, 2.05) is 32.7 Å². The third kappa shape index (κ3) is 5.45. The van der Waals surface area contributed by atoms with Crippen molar-refractivity contribution in [3.05, 3.63) is 16.5 Å². The van der Waals surface area contributed by atoms with Crippen LogP contribution < -0.4 is 10.2 Å². The van der Waals surface area contributed by atoms with Gasteiger partial charge < -0.3 is 14.6 Å². The number of aromatic nitrogens is 2. The third-order valence-corrected chi connectivity index (χ3v) is 10.1. The van der Waals surface area contributed by atoms with Crippen LogP contribution in [0.2, 0.25) is 23.4 Å². The number of hydrogen-bond donors (Lipinski definition) is 1. The molecule has 0 saturated heterocycles. The molecular formula is C20H35ClN4O2Si. The van der Waals surface area contributed by atoms with Gasteiger partial charge in [0, 0.05) is 18.2 Å². The minimum absolute atomic E-state index is 0.0504. The summed E-state index contributed by atoms with van der Waals surface area (Å²) in [6.07, 6.45) is 1.63. The van der Waals surface area contributed by atoms with Crippen molar-refractivity contribution in [1.29, 1.82) is 0 Å². The molecule has 6 nitrogen and oxygen atoms in total. The Kier molecular flexibility index (Phi) is 6.53. The van der Waals surface area contributed by atoms with Crippen molar-refractivity contribution in [2.75, 3.05) is 18.5 Å². The lowest BCUT2D eigenvalue weighted by atomic mass is 10.1. The van der Waals surface area contributed by atoms with Crippen molar-refractivity contribution in [2.24, 2.45) is 0 Å². The molecule has 1 heterocycles. The molecule has 2 rings (SSSR count). The summed E-state index contributed by atoms with van der Waals surface area (Å²) in [4.78, 5) is 23.1. The van der Waals surface area contributed by atoms with E-state index in [1.54, 1.807) is 0 Å². The fraction of sp³-hybridized carbons (Fsp3) is 0.750. The van der Waals surface area contributed by atoms with Crippen LogP contribution in [0.1, 0.15) is 65.3 Å². The van der Waals surface area contributed by atoms with Crippen LogP contribution in [0.25, 0.3) is 0 Å². The van der Waals surface area contributed by atoms with E-state index in [1.165, 1.54) is 0 Å². The number of anilines is 1.